The minimum Gasteiger partial charge on any atom is -0.406 e. The molecule has 1 aromatic heterocycles. The second-order valence-electron chi connectivity index (χ2n) is 3.69. The summed E-state index contributed by atoms with van der Waals surface area (Å²) in [5.74, 6) is 0.203. The van der Waals surface area contributed by atoms with Crippen molar-refractivity contribution in [2.24, 2.45) is 0 Å². The Labute approximate surface area is 120 Å². The van der Waals surface area contributed by atoms with Crippen molar-refractivity contribution in [2.75, 3.05) is 11.9 Å². The second-order valence-corrected chi connectivity index (χ2v) is 4.40. The van der Waals surface area contributed by atoms with Crippen molar-refractivity contribution in [3.63, 3.8) is 0 Å². The molecule has 1 aromatic carbocycles. The third-order valence-electron chi connectivity index (χ3n) is 2.23. The van der Waals surface area contributed by atoms with Crippen LogP contribution in [0.25, 0.3) is 5.69 Å². The zero-order valence-corrected chi connectivity index (χ0v) is 11.9. The van der Waals surface area contributed by atoms with Gasteiger partial charge in [0.2, 0.25) is 10.7 Å². The van der Waals surface area contributed by atoms with Crippen LogP contribution in [0, 0.1) is 0 Å². The molecule has 0 aliphatic carbocycles. The molecule has 5 nitrogen and oxygen atoms in total. The monoisotopic (exact) mass is 350 g/mol. The standard InChI is InChI=1S/C11H10BrF3N4O/c1-2-16-10-17-9(12)18-19(10)7-3-5-8(6-4-7)20-11(13,14)15/h3-6H,2H2,1H3,(H,16,17,18). The summed E-state index contributed by atoms with van der Waals surface area (Å²) in [7, 11) is 0. The molecule has 0 saturated heterocycles. The Hall–Kier alpha value is -1.77. The van der Waals surface area contributed by atoms with Crippen LogP contribution in [0.1, 0.15) is 6.92 Å². The number of halogens is 4. The lowest BCUT2D eigenvalue weighted by atomic mass is 10.3. The van der Waals surface area contributed by atoms with E-state index < -0.39 is 6.36 Å². The number of nitrogens with one attached hydrogen (secondary N) is 1. The number of nitrogens with zero attached hydrogens (tertiary/aromatic N) is 3. The number of anilines is 1. The number of benzene rings is 1. The molecule has 1 heterocycles. The van der Waals surface area contributed by atoms with Gasteiger partial charge >= 0.3 is 6.36 Å². The van der Waals surface area contributed by atoms with E-state index in [-0.39, 0.29) is 5.75 Å². The maximum atomic E-state index is 12.1. The van der Waals surface area contributed by atoms with Crippen molar-refractivity contribution in [3.8, 4) is 11.4 Å². The van der Waals surface area contributed by atoms with Crippen LogP contribution in [-0.2, 0) is 0 Å². The lowest BCUT2D eigenvalue weighted by molar-refractivity contribution is -0.274. The second kappa shape index (κ2) is 5.70. The molecular formula is C11H10BrF3N4O. The Morgan fingerprint density at radius 2 is 1.95 bits per heavy atom. The molecule has 108 valence electrons. The van der Waals surface area contributed by atoms with Gasteiger partial charge in [-0.05, 0) is 47.1 Å². The highest BCUT2D eigenvalue weighted by Gasteiger charge is 2.31. The molecule has 0 atom stereocenters. The van der Waals surface area contributed by atoms with E-state index in [2.05, 4.69) is 36.1 Å². The fourth-order valence-electron chi connectivity index (χ4n) is 1.53. The van der Waals surface area contributed by atoms with Crippen molar-refractivity contribution < 1.29 is 17.9 Å². The normalized spacial score (nSPS) is 11.4. The highest BCUT2D eigenvalue weighted by molar-refractivity contribution is 9.10. The number of hydrogen-bond donors (Lipinski definition) is 1. The van der Waals surface area contributed by atoms with Crippen LogP contribution in [0.2, 0.25) is 0 Å². The van der Waals surface area contributed by atoms with Gasteiger partial charge < -0.3 is 10.1 Å². The predicted octanol–water partition coefficient (Wildman–Crippen LogP) is 3.36. The van der Waals surface area contributed by atoms with Gasteiger partial charge in [0.25, 0.3) is 0 Å². The van der Waals surface area contributed by atoms with Crippen molar-refractivity contribution >= 4 is 21.9 Å². The summed E-state index contributed by atoms with van der Waals surface area (Å²) in [5, 5.41) is 7.10. The largest absolute Gasteiger partial charge is 0.573 e. The van der Waals surface area contributed by atoms with Gasteiger partial charge in [-0.2, -0.15) is 9.67 Å². The molecule has 0 bridgehead atoms. The molecule has 0 radical (unpaired) electrons. The number of hydrogen-bond acceptors (Lipinski definition) is 4. The molecule has 0 unspecified atom stereocenters. The zero-order valence-electron chi connectivity index (χ0n) is 10.3. The summed E-state index contributed by atoms with van der Waals surface area (Å²) in [6.45, 7) is 2.54. The summed E-state index contributed by atoms with van der Waals surface area (Å²) in [6.07, 6.45) is -4.70. The average Bonchev–Trinajstić information content (AvgIpc) is 2.70. The first-order valence-electron chi connectivity index (χ1n) is 5.61. The van der Waals surface area contributed by atoms with Crippen LogP contribution < -0.4 is 10.1 Å². The third kappa shape index (κ3) is 3.62. The van der Waals surface area contributed by atoms with Gasteiger partial charge in [-0.3, -0.25) is 0 Å². The van der Waals surface area contributed by atoms with Gasteiger partial charge in [0.15, 0.2) is 0 Å². The molecule has 0 aliphatic rings. The first kappa shape index (κ1) is 14.6. The predicted molar refractivity (Wildman–Crippen MR) is 69.9 cm³/mol. The van der Waals surface area contributed by atoms with E-state index >= 15 is 0 Å². The van der Waals surface area contributed by atoms with E-state index in [1.54, 1.807) is 0 Å². The van der Waals surface area contributed by atoms with Gasteiger partial charge in [0.1, 0.15) is 5.75 Å². The van der Waals surface area contributed by atoms with Crippen molar-refractivity contribution in [1.82, 2.24) is 14.8 Å². The van der Waals surface area contributed by atoms with Gasteiger partial charge in [0, 0.05) is 6.54 Å². The molecule has 20 heavy (non-hydrogen) atoms. The topological polar surface area (TPSA) is 52.0 Å². The van der Waals surface area contributed by atoms with Crippen LogP contribution in [0.5, 0.6) is 5.75 Å². The van der Waals surface area contributed by atoms with Crippen molar-refractivity contribution in [1.29, 1.82) is 0 Å². The minimum absolute atomic E-state index is 0.287. The number of aromatic nitrogens is 3. The molecular weight excluding hydrogens is 341 g/mol. The third-order valence-corrected chi connectivity index (χ3v) is 2.57. The highest BCUT2D eigenvalue weighted by Crippen LogP contribution is 2.24. The van der Waals surface area contributed by atoms with Gasteiger partial charge in [-0.25, -0.2) is 0 Å². The van der Waals surface area contributed by atoms with E-state index in [4.69, 9.17) is 0 Å². The fourth-order valence-corrected chi connectivity index (χ4v) is 1.86. The van der Waals surface area contributed by atoms with Crippen molar-refractivity contribution in [3.05, 3.63) is 29.0 Å². The first-order chi connectivity index (χ1) is 9.39. The van der Waals surface area contributed by atoms with Gasteiger partial charge in [0.05, 0.1) is 5.69 Å². The van der Waals surface area contributed by atoms with Crippen LogP contribution in [-0.4, -0.2) is 27.7 Å². The molecule has 1 N–H and O–H groups in total. The summed E-state index contributed by atoms with van der Waals surface area (Å²) in [5.41, 5.74) is 0.564. The number of rotatable bonds is 4. The average molecular weight is 351 g/mol. The van der Waals surface area contributed by atoms with E-state index in [9.17, 15) is 13.2 Å². The maximum Gasteiger partial charge on any atom is 0.573 e. The Bertz CT molecular complexity index is 582. The molecule has 0 saturated carbocycles. The van der Waals surface area contributed by atoms with E-state index in [0.717, 1.165) is 0 Å². The maximum absolute atomic E-state index is 12.1. The number of ether oxygens (including phenoxy) is 1. The molecule has 0 amide bonds. The molecule has 0 spiro atoms. The van der Waals surface area contributed by atoms with E-state index in [0.29, 0.717) is 22.9 Å². The Kier molecular flexibility index (Phi) is 4.17. The Balaban J connectivity index is 2.26. The highest BCUT2D eigenvalue weighted by atomic mass is 79.9. The van der Waals surface area contributed by atoms with E-state index in [1.165, 1.54) is 28.9 Å². The summed E-state index contributed by atoms with van der Waals surface area (Å²) < 4.78 is 41.9. The van der Waals surface area contributed by atoms with Gasteiger partial charge in [-0.15, -0.1) is 18.3 Å². The molecule has 9 heteroatoms. The Morgan fingerprint density at radius 3 is 2.50 bits per heavy atom. The lowest BCUT2D eigenvalue weighted by Crippen LogP contribution is -2.17. The minimum atomic E-state index is -4.70. The van der Waals surface area contributed by atoms with E-state index in [1.807, 2.05) is 6.92 Å². The SMILES string of the molecule is CCNc1nc(Br)nn1-c1ccc(OC(F)(F)F)cc1. The lowest BCUT2D eigenvalue weighted by Gasteiger charge is -2.10. The molecule has 2 aromatic rings. The van der Waals surface area contributed by atoms with Crippen LogP contribution >= 0.6 is 15.9 Å². The summed E-state index contributed by atoms with van der Waals surface area (Å²) in [6, 6.07) is 5.36. The number of alkyl halides is 3. The van der Waals surface area contributed by atoms with Crippen molar-refractivity contribution in [2.45, 2.75) is 13.3 Å². The van der Waals surface area contributed by atoms with Crippen LogP contribution in [0.4, 0.5) is 19.1 Å². The molecule has 0 fully saturated rings. The molecule has 0 aliphatic heterocycles. The van der Waals surface area contributed by atoms with Gasteiger partial charge in [-0.1, -0.05) is 0 Å². The van der Waals surface area contributed by atoms with Crippen LogP contribution in [0.15, 0.2) is 29.0 Å². The zero-order chi connectivity index (χ0) is 14.8. The smallest absolute Gasteiger partial charge is 0.406 e. The first-order valence-corrected chi connectivity index (χ1v) is 6.41. The Morgan fingerprint density at radius 1 is 1.30 bits per heavy atom. The fraction of sp³-hybridized carbons (Fsp3) is 0.273. The summed E-state index contributed by atoms with van der Waals surface area (Å²) >= 11 is 3.15. The summed E-state index contributed by atoms with van der Waals surface area (Å²) in [4.78, 5) is 4.10. The quantitative estimate of drug-likeness (QED) is 0.918. The van der Waals surface area contributed by atoms with Crippen LogP contribution in [0.3, 0.4) is 0 Å². The molecule has 2 rings (SSSR count).